The highest BCUT2D eigenvalue weighted by Gasteiger charge is 2.38. The van der Waals surface area contributed by atoms with Gasteiger partial charge in [0.1, 0.15) is 23.9 Å². The Morgan fingerprint density at radius 3 is 2.27 bits per heavy atom. The summed E-state index contributed by atoms with van der Waals surface area (Å²) in [5, 5.41) is 23.8. The third-order valence-electron chi connectivity index (χ3n) is 6.15. The number of aromatic hydroxyl groups is 1. The maximum Gasteiger partial charge on any atom is 0.326 e. The van der Waals surface area contributed by atoms with Crippen molar-refractivity contribution in [3.63, 3.8) is 0 Å². The second-order valence-corrected chi connectivity index (χ2v) is 9.08. The van der Waals surface area contributed by atoms with Gasteiger partial charge in [-0.1, -0.05) is 12.1 Å². The fraction of sp³-hybridized carbons (Fsp3) is 0.542. The van der Waals surface area contributed by atoms with E-state index in [4.69, 9.17) is 17.2 Å². The number of carboxylic acids is 1. The predicted molar refractivity (Wildman–Crippen MR) is 133 cm³/mol. The Bertz CT molecular complexity index is 971. The van der Waals surface area contributed by atoms with Gasteiger partial charge in [0.15, 0.2) is 0 Å². The molecule has 0 radical (unpaired) electrons. The van der Waals surface area contributed by atoms with Crippen molar-refractivity contribution in [2.24, 2.45) is 17.2 Å². The molecular weight excluding hydrogens is 484 g/mol. The summed E-state index contributed by atoms with van der Waals surface area (Å²) in [6.07, 6.45) is 1.66. The average Bonchev–Trinajstić information content (AvgIpc) is 3.34. The monoisotopic (exact) mass is 520 g/mol. The third kappa shape index (κ3) is 9.03. The van der Waals surface area contributed by atoms with Crippen LogP contribution in [-0.2, 0) is 30.4 Å². The molecule has 2 rings (SSSR count). The number of likely N-dealkylation sites (tertiary alicyclic amines) is 1. The van der Waals surface area contributed by atoms with E-state index in [2.05, 4.69) is 10.6 Å². The van der Waals surface area contributed by atoms with Gasteiger partial charge in [-0.3, -0.25) is 19.2 Å². The highest BCUT2D eigenvalue weighted by atomic mass is 16.4. The smallest absolute Gasteiger partial charge is 0.326 e. The van der Waals surface area contributed by atoms with E-state index in [0.717, 1.165) is 0 Å². The van der Waals surface area contributed by atoms with Crippen LogP contribution in [-0.4, -0.2) is 82.0 Å². The number of nitrogens with one attached hydrogen (secondary N) is 2. The number of rotatable bonds is 14. The number of hydrogen-bond donors (Lipinski definition) is 7. The van der Waals surface area contributed by atoms with Gasteiger partial charge >= 0.3 is 5.97 Å². The van der Waals surface area contributed by atoms with Gasteiger partial charge in [0.05, 0.1) is 12.5 Å². The van der Waals surface area contributed by atoms with Crippen LogP contribution in [0, 0.1) is 0 Å². The Hall–Kier alpha value is -3.71. The predicted octanol–water partition coefficient (Wildman–Crippen LogP) is -1.69. The van der Waals surface area contributed by atoms with E-state index in [1.807, 2.05) is 0 Å². The quantitative estimate of drug-likeness (QED) is 0.138. The number of unbranched alkanes of at least 4 members (excludes halogenated alkanes) is 1. The number of carbonyl (C=O) groups excluding carboxylic acids is 4. The summed E-state index contributed by atoms with van der Waals surface area (Å²) in [7, 11) is 0. The highest BCUT2D eigenvalue weighted by molar-refractivity contribution is 5.96. The molecule has 1 aliphatic heterocycles. The van der Waals surface area contributed by atoms with Crippen molar-refractivity contribution in [3.8, 4) is 5.75 Å². The number of carboxylic acid groups (broad SMARTS) is 1. The summed E-state index contributed by atoms with van der Waals surface area (Å²) in [5.41, 5.74) is 17.5. The lowest BCUT2D eigenvalue weighted by atomic mass is 10.0. The van der Waals surface area contributed by atoms with Gasteiger partial charge in [0, 0.05) is 6.54 Å². The Morgan fingerprint density at radius 1 is 1.03 bits per heavy atom. The van der Waals surface area contributed by atoms with Crippen LogP contribution < -0.4 is 27.8 Å². The minimum atomic E-state index is -1.39. The van der Waals surface area contributed by atoms with Crippen LogP contribution in [0.3, 0.4) is 0 Å². The van der Waals surface area contributed by atoms with E-state index < -0.39 is 60.2 Å². The van der Waals surface area contributed by atoms with E-state index >= 15 is 0 Å². The minimum Gasteiger partial charge on any atom is -0.508 e. The van der Waals surface area contributed by atoms with Gasteiger partial charge in [0.2, 0.25) is 23.6 Å². The van der Waals surface area contributed by atoms with Crippen LogP contribution in [0.5, 0.6) is 5.75 Å². The maximum absolute atomic E-state index is 13.2. The van der Waals surface area contributed by atoms with Gasteiger partial charge in [-0.2, -0.15) is 0 Å². The molecule has 1 aromatic rings. The minimum absolute atomic E-state index is 0.0548. The van der Waals surface area contributed by atoms with E-state index in [1.165, 1.54) is 17.0 Å². The summed E-state index contributed by atoms with van der Waals surface area (Å²) < 4.78 is 0. The molecular formula is C24H36N6O7. The zero-order valence-corrected chi connectivity index (χ0v) is 20.6. The summed E-state index contributed by atoms with van der Waals surface area (Å²) in [5.74, 6) is -4.02. The Morgan fingerprint density at radius 2 is 1.68 bits per heavy atom. The lowest BCUT2D eigenvalue weighted by Crippen LogP contribution is -2.58. The topological polar surface area (TPSA) is 231 Å². The van der Waals surface area contributed by atoms with Crippen molar-refractivity contribution in [2.45, 2.75) is 69.1 Å². The number of nitrogens with two attached hydrogens (primary N) is 3. The molecule has 10 N–H and O–H groups in total. The first-order chi connectivity index (χ1) is 17.5. The van der Waals surface area contributed by atoms with Crippen molar-refractivity contribution in [3.05, 3.63) is 29.8 Å². The molecule has 0 aliphatic carbocycles. The molecule has 1 saturated heterocycles. The number of phenols is 1. The Balaban J connectivity index is 2.12. The summed E-state index contributed by atoms with van der Waals surface area (Å²) in [6.45, 7) is 0.613. The molecule has 1 heterocycles. The van der Waals surface area contributed by atoms with Crippen molar-refractivity contribution in [2.75, 3.05) is 13.1 Å². The van der Waals surface area contributed by atoms with Gasteiger partial charge in [0.25, 0.3) is 0 Å². The molecule has 1 aromatic carbocycles. The molecule has 204 valence electrons. The van der Waals surface area contributed by atoms with Crippen LogP contribution in [0.2, 0.25) is 0 Å². The fourth-order valence-corrected chi connectivity index (χ4v) is 4.18. The Kier molecular flexibility index (Phi) is 11.3. The van der Waals surface area contributed by atoms with Crippen molar-refractivity contribution in [1.29, 1.82) is 0 Å². The number of nitrogens with zero attached hydrogens (tertiary/aromatic N) is 1. The van der Waals surface area contributed by atoms with Gasteiger partial charge < -0.3 is 42.9 Å². The average molecular weight is 521 g/mol. The number of carbonyl (C=O) groups is 5. The molecule has 13 nitrogen and oxygen atoms in total. The second kappa shape index (κ2) is 14.1. The number of amides is 4. The molecule has 1 aliphatic rings. The molecule has 37 heavy (non-hydrogen) atoms. The summed E-state index contributed by atoms with van der Waals surface area (Å²) >= 11 is 0. The molecule has 4 atom stereocenters. The molecule has 0 bridgehead atoms. The zero-order valence-electron chi connectivity index (χ0n) is 20.6. The molecule has 4 unspecified atom stereocenters. The van der Waals surface area contributed by atoms with Crippen molar-refractivity contribution < 1.29 is 34.2 Å². The van der Waals surface area contributed by atoms with Crippen LogP contribution in [0.4, 0.5) is 0 Å². The normalized spacial score (nSPS) is 17.5. The highest BCUT2D eigenvalue weighted by Crippen LogP contribution is 2.20. The molecule has 13 heteroatoms. The van der Waals surface area contributed by atoms with Gasteiger partial charge in [-0.15, -0.1) is 0 Å². The van der Waals surface area contributed by atoms with Crippen molar-refractivity contribution in [1.82, 2.24) is 15.5 Å². The summed E-state index contributed by atoms with van der Waals surface area (Å²) in [6, 6.07) is 1.55. The zero-order chi connectivity index (χ0) is 27.5. The molecule has 4 amide bonds. The van der Waals surface area contributed by atoms with Crippen LogP contribution in [0.25, 0.3) is 0 Å². The largest absolute Gasteiger partial charge is 0.508 e. The van der Waals surface area contributed by atoms with Crippen LogP contribution in [0.15, 0.2) is 24.3 Å². The number of aliphatic carboxylic acids is 1. The Labute approximate surface area is 214 Å². The first kappa shape index (κ1) is 29.5. The maximum atomic E-state index is 13.2. The standard InChI is InChI=1S/C24H36N6O7/c25-10-2-1-4-17(23(35)30-11-3-5-19(30)24(36)37)28-22(34)18(13-20(27)32)29-21(33)16(26)12-14-6-8-15(31)9-7-14/h6-9,16-19,31H,1-5,10-13,25-26H2,(H2,27,32)(H,28,34)(H,29,33)(H,36,37). The molecule has 0 saturated carbocycles. The van der Waals surface area contributed by atoms with E-state index in [9.17, 15) is 34.2 Å². The van der Waals surface area contributed by atoms with Gasteiger partial charge in [-0.05, 0) is 62.8 Å². The van der Waals surface area contributed by atoms with Crippen molar-refractivity contribution >= 4 is 29.6 Å². The lowest BCUT2D eigenvalue weighted by molar-refractivity contribution is -0.149. The van der Waals surface area contributed by atoms with Crippen LogP contribution >= 0.6 is 0 Å². The number of benzene rings is 1. The molecule has 0 aromatic heterocycles. The van der Waals surface area contributed by atoms with E-state index in [1.54, 1.807) is 12.1 Å². The first-order valence-electron chi connectivity index (χ1n) is 12.2. The molecule has 0 spiro atoms. The second-order valence-electron chi connectivity index (χ2n) is 9.08. The fourth-order valence-electron chi connectivity index (χ4n) is 4.18. The SMILES string of the molecule is NCCCCC(NC(=O)C(CC(N)=O)NC(=O)C(N)Cc1ccc(O)cc1)C(=O)N1CCCC1C(=O)O. The number of phenolic OH excluding ortho intramolecular Hbond substituents is 1. The molecule has 1 fully saturated rings. The number of primary amides is 1. The third-order valence-corrected chi connectivity index (χ3v) is 6.15. The van der Waals surface area contributed by atoms with Crippen LogP contribution in [0.1, 0.15) is 44.1 Å². The first-order valence-corrected chi connectivity index (χ1v) is 12.2. The van der Waals surface area contributed by atoms with Gasteiger partial charge in [-0.25, -0.2) is 4.79 Å². The lowest BCUT2D eigenvalue weighted by Gasteiger charge is -2.29. The number of hydrogen-bond acceptors (Lipinski definition) is 8. The summed E-state index contributed by atoms with van der Waals surface area (Å²) in [4.78, 5) is 63.4. The van der Waals surface area contributed by atoms with E-state index in [-0.39, 0.29) is 25.1 Å². The van der Waals surface area contributed by atoms with E-state index in [0.29, 0.717) is 37.8 Å².